The second-order valence-electron chi connectivity index (χ2n) is 6.05. The maximum Gasteiger partial charge on any atom is 0.338 e. The molecule has 1 unspecified atom stereocenters. The van der Waals surface area contributed by atoms with Crippen LogP contribution in [0.1, 0.15) is 40.9 Å². The van der Waals surface area contributed by atoms with Gasteiger partial charge in [0, 0.05) is 0 Å². The highest BCUT2D eigenvalue weighted by atomic mass is 16.5. The van der Waals surface area contributed by atoms with Crippen LogP contribution < -0.4 is 5.32 Å². The Hall–Kier alpha value is -3.15. The summed E-state index contributed by atoms with van der Waals surface area (Å²) < 4.78 is 5.12. The fraction of sp³-hybridized carbons (Fsp3) is 0.250. The summed E-state index contributed by atoms with van der Waals surface area (Å²) in [5.41, 5.74) is 1.83. The largest absolute Gasteiger partial charge is 0.462 e. The van der Waals surface area contributed by atoms with Gasteiger partial charge in [0.25, 0.3) is 5.91 Å². The second-order valence-corrected chi connectivity index (χ2v) is 6.05. The van der Waals surface area contributed by atoms with E-state index in [2.05, 4.69) is 5.32 Å². The number of nitrogens with zero attached hydrogens (tertiary/aromatic N) is 1. The molecule has 0 saturated carbocycles. The molecule has 1 aliphatic heterocycles. The van der Waals surface area contributed by atoms with Gasteiger partial charge in [0.1, 0.15) is 6.04 Å². The molecule has 1 fully saturated rings. The number of urea groups is 1. The zero-order valence-corrected chi connectivity index (χ0v) is 14.5. The third-order valence-electron chi connectivity index (χ3n) is 4.10. The average molecular weight is 352 g/mol. The number of rotatable bonds is 6. The Morgan fingerprint density at radius 2 is 1.88 bits per heavy atom. The minimum atomic E-state index is -0.679. The molecule has 2 aromatic rings. The number of esters is 1. The van der Waals surface area contributed by atoms with E-state index in [0.717, 1.165) is 16.9 Å². The second kappa shape index (κ2) is 7.82. The number of hydrogen-bond acceptors (Lipinski definition) is 4. The van der Waals surface area contributed by atoms with Gasteiger partial charge in [-0.2, -0.15) is 0 Å². The first kappa shape index (κ1) is 17.7. The van der Waals surface area contributed by atoms with Crippen LogP contribution in [0.15, 0.2) is 54.6 Å². The molecule has 0 bridgehead atoms. The van der Waals surface area contributed by atoms with Crippen LogP contribution >= 0.6 is 0 Å². The summed E-state index contributed by atoms with van der Waals surface area (Å²) in [7, 11) is 0. The van der Waals surface area contributed by atoms with Crippen molar-refractivity contribution < 1.29 is 19.1 Å². The van der Waals surface area contributed by atoms with E-state index in [0.29, 0.717) is 17.7 Å². The summed E-state index contributed by atoms with van der Waals surface area (Å²) in [6.45, 7) is 2.38. The van der Waals surface area contributed by atoms with E-state index in [-0.39, 0.29) is 12.5 Å². The lowest BCUT2D eigenvalue weighted by Gasteiger charge is -2.14. The normalized spacial score (nSPS) is 16.5. The van der Waals surface area contributed by atoms with Gasteiger partial charge in [-0.1, -0.05) is 49.4 Å². The third-order valence-corrected chi connectivity index (χ3v) is 4.10. The maximum absolute atomic E-state index is 12.6. The molecule has 3 rings (SSSR count). The SMILES string of the molecule is CCCOC(=O)c1cccc(CN2C(=O)NC(c3ccccc3)C2=O)c1. The molecular weight excluding hydrogens is 332 g/mol. The quantitative estimate of drug-likeness (QED) is 0.640. The lowest BCUT2D eigenvalue weighted by Crippen LogP contribution is -2.30. The van der Waals surface area contributed by atoms with Crippen LogP contribution in [0.5, 0.6) is 0 Å². The van der Waals surface area contributed by atoms with Gasteiger partial charge in [-0.05, 0) is 29.7 Å². The molecule has 1 heterocycles. The van der Waals surface area contributed by atoms with Crippen molar-refractivity contribution in [2.45, 2.75) is 25.9 Å². The Morgan fingerprint density at radius 3 is 2.62 bits per heavy atom. The number of carbonyl (C=O) groups excluding carboxylic acids is 3. The Kier molecular flexibility index (Phi) is 5.31. The lowest BCUT2D eigenvalue weighted by atomic mass is 10.1. The standard InChI is InChI=1S/C20H20N2O4/c1-2-11-26-19(24)16-10-6-7-14(12-16)13-22-18(23)17(21-20(22)25)15-8-4-3-5-9-15/h3-10,12,17H,2,11,13H2,1H3,(H,21,25). The van der Waals surface area contributed by atoms with Crippen molar-refractivity contribution in [2.75, 3.05) is 6.61 Å². The van der Waals surface area contributed by atoms with Gasteiger partial charge < -0.3 is 10.1 Å². The molecular formula is C20H20N2O4. The molecule has 2 aromatic carbocycles. The minimum absolute atomic E-state index is 0.100. The highest BCUT2D eigenvalue weighted by molar-refractivity contribution is 6.04. The van der Waals surface area contributed by atoms with E-state index >= 15 is 0 Å². The van der Waals surface area contributed by atoms with Gasteiger partial charge in [-0.15, -0.1) is 0 Å². The monoisotopic (exact) mass is 352 g/mol. The topological polar surface area (TPSA) is 75.7 Å². The summed E-state index contributed by atoms with van der Waals surface area (Å²) in [4.78, 5) is 38.0. The summed E-state index contributed by atoms with van der Waals surface area (Å²) in [6, 6.07) is 14.8. The maximum atomic E-state index is 12.6. The minimum Gasteiger partial charge on any atom is -0.462 e. The first-order valence-corrected chi connectivity index (χ1v) is 8.53. The summed E-state index contributed by atoms with van der Waals surface area (Å²) in [6.07, 6.45) is 0.745. The fourth-order valence-electron chi connectivity index (χ4n) is 2.80. The third kappa shape index (κ3) is 3.74. The van der Waals surface area contributed by atoms with Crippen molar-refractivity contribution in [1.82, 2.24) is 10.2 Å². The highest BCUT2D eigenvalue weighted by Crippen LogP contribution is 2.23. The van der Waals surface area contributed by atoms with Crippen LogP contribution in [0.3, 0.4) is 0 Å². The van der Waals surface area contributed by atoms with Crippen LogP contribution in [0.25, 0.3) is 0 Å². The van der Waals surface area contributed by atoms with Gasteiger partial charge in [0.05, 0.1) is 18.7 Å². The molecule has 0 aromatic heterocycles. The predicted octanol–water partition coefficient (Wildman–Crippen LogP) is 3.05. The van der Waals surface area contributed by atoms with E-state index in [1.807, 2.05) is 25.1 Å². The smallest absolute Gasteiger partial charge is 0.338 e. The van der Waals surface area contributed by atoms with E-state index < -0.39 is 18.0 Å². The lowest BCUT2D eigenvalue weighted by molar-refractivity contribution is -0.128. The van der Waals surface area contributed by atoms with Gasteiger partial charge in [-0.25, -0.2) is 9.59 Å². The summed E-state index contributed by atoms with van der Waals surface area (Å²) in [5, 5.41) is 2.70. The van der Waals surface area contributed by atoms with E-state index in [9.17, 15) is 14.4 Å². The molecule has 1 N–H and O–H groups in total. The summed E-state index contributed by atoms with van der Waals surface area (Å²) >= 11 is 0. The predicted molar refractivity (Wildman–Crippen MR) is 95.3 cm³/mol. The molecule has 0 radical (unpaired) electrons. The van der Waals surface area contributed by atoms with E-state index in [4.69, 9.17) is 4.74 Å². The molecule has 1 aliphatic rings. The zero-order valence-electron chi connectivity index (χ0n) is 14.5. The van der Waals surface area contributed by atoms with Crippen molar-refractivity contribution in [3.63, 3.8) is 0 Å². The van der Waals surface area contributed by atoms with Gasteiger partial charge in [0.15, 0.2) is 0 Å². The number of carbonyl (C=O) groups is 3. The number of nitrogens with one attached hydrogen (secondary N) is 1. The van der Waals surface area contributed by atoms with Crippen molar-refractivity contribution in [3.05, 3.63) is 71.3 Å². The molecule has 6 heteroatoms. The number of amides is 3. The van der Waals surface area contributed by atoms with Crippen LogP contribution in [-0.2, 0) is 16.1 Å². The number of ether oxygens (including phenoxy) is 1. The molecule has 1 atom stereocenters. The number of benzene rings is 2. The fourth-order valence-corrected chi connectivity index (χ4v) is 2.80. The summed E-state index contributed by atoms with van der Waals surface area (Å²) in [5.74, 6) is -0.715. The first-order chi connectivity index (χ1) is 12.6. The number of imide groups is 1. The van der Waals surface area contributed by atoms with Gasteiger partial charge >= 0.3 is 12.0 Å². The average Bonchev–Trinajstić information content (AvgIpc) is 2.95. The highest BCUT2D eigenvalue weighted by Gasteiger charge is 2.38. The van der Waals surface area contributed by atoms with Crippen LogP contribution in [0, 0.1) is 0 Å². The molecule has 3 amide bonds. The zero-order chi connectivity index (χ0) is 18.5. The Labute approximate surface area is 151 Å². The van der Waals surface area contributed by atoms with Crippen molar-refractivity contribution in [3.8, 4) is 0 Å². The molecule has 0 spiro atoms. The van der Waals surface area contributed by atoms with Gasteiger partial charge in [0.2, 0.25) is 0 Å². The molecule has 26 heavy (non-hydrogen) atoms. The number of hydrogen-bond donors (Lipinski definition) is 1. The Bertz CT molecular complexity index is 820. The van der Waals surface area contributed by atoms with Crippen LogP contribution in [0.2, 0.25) is 0 Å². The van der Waals surface area contributed by atoms with Crippen LogP contribution in [0.4, 0.5) is 4.79 Å². The Balaban J connectivity index is 1.74. The molecule has 1 saturated heterocycles. The van der Waals surface area contributed by atoms with E-state index in [1.54, 1.807) is 36.4 Å². The Morgan fingerprint density at radius 1 is 1.12 bits per heavy atom. The molecule has 134 valence electrons. The van der Waals surface area contributed by atoms with Crippen molar-refractivity contribution in [2.24, 2.45) is 0 Å². The van der Waals surface area contributed by atoms with Crippen LogP contribution in [-0.4, -0.2) is 29.4 Å². The first-order valence-electron chi connectivity index (χ1n) is 8.53. The molecule has 6 nitrogen and oxygen atoms in total. The van der Waals surface area contributed by atoms with Crippen molar-refractivity contribution >= 4 is 17.9 Å². The molecule has 0 aliphatic carbocycles. The van der Waals surface area contributed by atoms with Crippen molar-refractivity contribution in [1.29, 1.82) is 0 Å². The van der Waals surface area contributed by atoms with Gasteiger partial charge in [-0.3, -0.25) is 9.69 Å². The van der Waals surface area contributed by atoms with E-state index in [1.165, 1.54) is 0 Å².